The van der Waals surface area contributed by atoms with E-state index < -0.39 is 10.0 Å². The topological polar surface area (TPSA) is 84.5 Å². The maximum absolute atomic E-state index is 12.6. The third-order valence-corrected chi connectivity index (χ3v) is 4.91. The number of ether oxygens (including phenoxy) is 1. The molecule has 0 bridgehead atoms. The summed E-state index contributed by atoms with van der Waals surface area (Å²) in [6, 6.07) is 12.0. The first-order valence-corrected chi connectivity index (χ1v) is 8.81. The van der Waals surface area contributed by atoms with Crippen molar-refractivity contribution in [3.63, 3.8) is 0 Å². The Kier molecular flexibility index (Phi) is 5.58. The second-order valence-corrected chi connectivity index (χ2v) is 7.03. The van der Waals surface area contributed by atoms with Crippen LogP contribution in [0, 0.1) is 6.92 Å². The van der Waals surface area contributed by atoms with Gasteiger partial charge in [0.1, 0.15) is 10.6 Å². The lowest BCUT2D eigenvalue weighted by Gasteiger charge is -2.13. The largest absolute Gasteiger partial charge is 0.495 e. The van der Waals surface area contributed by atoms with Crippen molar-refractivity contribution in [2.75, 3.05) is 12.4 Å². The monoisotopic (exact) mass is 348 g/mol. The molecule has 0 atom stereocenters. The average molecular weight is 348 g/mol. The number of hydrogen-bond acceptors (Lipinski definition) is 4. The Labute approximate surface area is 141 Å². The van der Waals surface area contributed by atoms with Crippen LogP contribution in [0.3, 0.4) is 0 Å². The molecule has 6 nitrogen and oxygen atoms in total. The summed E-state index contributed by atoms with van der Waals surface area (Å²) >= 11 is 0. The van der Waals surface area contributed by atoms with Crippen LogP contribution in [0.1, 0.15) is 18.1 Å². The maximum atomic E-state index is 12.6. The zero-order valence-corrected chi connectivity index (χ0v) is 14.6. The van der Waals surface area contributed by atoms with Crippen LogP contribution in [-0.2, 0) is 21.4 Å². The maximum Gasteiger partial charge on any atom is 0.244 e. The van der Waals surface area contributed by atoms with Crippen LogP contribution in [-0.4, -0.2) is 21.4 Å². The van der Waals surface area contributed by atoms with Gasteiger partial charge in [0.15, 0.2) is 0 Å². The van der Waals surface area contributed by atoms with Crippen LogP contribution >= 0.6 is 0 Å². The Morgan fingerprint density at radius 3 is 2.50 bits per heavy atom. The van der Waals surface area contributed by atoms with Crippen molar-refractivity contribution in [2.24, 2.45) is 0 Å². The molecule has 0 unspecified atom stereocenters. The SMILES string of the molecule is COc1ccc(NC(C)=O)cc1S(=O)(=O)NCc1ccccc1C. The van der Waals surface area contributed by atoms with Gasteiger partial charge in [-0.15, -0.1) is 0 Å². The molecule has 0 saturated heterocycles. The van der Waals surface area contributed by atoms with E-state index in [1.165, 1.54) is 26.2 Å². The van der Waals surface area contributed by atoms with Gasteiger partial charge in [0.05, 0.1) is 7.11 Å². The summed E-state index contributed by atoms with van der Waals surface area (Å²) in [6.07, 6.45) is 0. The predicted octanol–water partition coefficient (Wildman–Crippen LogP) is 2.44. The fourth-order valence-corrected chi connectivity index (χ4v) is 3.43. The van der Waals surface area contributed by atoms with E-state index >= 15 is 0 Å². The number of amides is 1. The Morgan fingerprint density at radius 2 is 1.88 bits per heavy atom. The summed E-state index contributed by atoms with van der Waals surface area (Å²) in [7, 11) is -2.41. The number of nitrogens with one attached hydrogen (secondary N) is 2. The van der Waals surface area contributed by atoms with E-state index in [2.05, 4.69) is 10.0 Å². The summed E-state index contributed by atoms with van der Waals surface area (Å²) in [4.78, 5) is 11.1. The number of anilines is 1. The minimum atomic E-state index is -3.80. The standard InChI is InChI=1S/C17H20N2O4S/c1-12-6-4-5-7-14(12)11-18-24(21,22)17-10-15(19-13(2)20)8-9-16(17)23-3/h4-10,18H,11H2,1-3H3,(H,19,20). The molecular formula is C17H20N2O4S. The summed E-state index contributed by atoms with van der Waals surface area (Å²) in [5.41, 5.74) is 2.27. The summed E-state index contributed by atoms with van der Waals surface area (Å²) in [6.45, 7) is 3.44. The first-order valence-electron chi connectivity index (χ1n) is 7.33. The summed E-state index contributed by atoms with van der Waals surface area (Å²) in [5, 5.41) is 2.56. The number of carbonyl (C=O) groups excluding carboxylic acids is 1. The number of rotatable bonds is 6. The number of methoxy groups -OCH3 is 1. The molecule has 0 saturated carbocycles. The number of benzene rings is 2. The van der Waals surface area contributed by atoms with E-state index in [9.17, 15) is 13.2 Å². The number of aryl methyl sites for hydroxylation is 1. The molecule has 0 heterocycles. The first-order chi connectivity index (χ1) is 11.3. The fraction of sp³-hybridized carbons (Fsp3) is 0.235. The van der Waals surface area contributed by atoms with Gasteiger partial charge in [-0.1, -0.05) is 24.3 Å². The molecule has 2 aromatic rings. The van der Waals surface area contributed by atoms with Gasteiger partial charge in [0, 0.05) is 19.2 Å². The first kappa shape index (κ1) is 18.0. The number of hydrogen-bond donors (Lipinski definition) is 2. The zero-order chi connectivity index (χ0) is 17.7. The van der Waals surface area contributed by atoms with Crippen molar-refractivity contribution < 1.29 is 17.9 Å². The van der Waals surface area contributed by atoms with Gasteiger partial charge < -0.3 is 10.1 Å². The molecule has 0 aliphatic heterocycles. The lowest BCUT2D eigenvalue weighted by Crippen LogP contribution is -2.24. The molecule has 7 heteroatoms. The molecule has 2 rings (SSSR count). The molecule has 0 fully saturated rings. The highest BCUT2D eigenvalue weighted by Crippen LogP contribution is 2.27. The van der Waals surface area contributed by atoms with Crippen molar-refractivity contribution in [3.8, 4) is 5.75 Å². The van der Waals surface area contributed by atoms with E-state index in [4.69, 9.17) is 4.74 Å². The van der Waals surface area contributed by atoms with Gasteiger partial charge in [-0.3, -0.25) is 4.79 Å². The smallest absolute Gasteiger partial charge is 0.244 e. The second-order valence-electron chi connectivity index (χ2n) is 5.30. The molecule has 0 aromatic heterocycles. The van der Waals surface area contributed by atoms with E-state index in [0.29, 0.717) is 5.69 Å². The molecule has 0 spiro atoms. The van der Waals surface area contributed by atoms with Gasteiger partial charge in [-0.05, 0) is 36.2 Å². The molecular weight excluding hydrogens is 328 g/mol. The minimum absolute atomic E-state index is 0.0233. The fourth-order valence-electron chi connectivity index (χ4n) is 2.23. The van der Waals surface area contributed by atoms with Gasteiger partial charge in [0.25, 0.3) is 0 Å². The molecule has 0 aliphatic rings. The van der Waals surface area contributed by atoms with Crippen LogP contribution < -0.4 is 14.8 Å². The Bertz CT molecular complexity index is 847. The Hall–Kier alpha value is -2.38. The number of sulfonamides is 1. The molecule has 24 heavy (non-hydrogen) atoms. The molecule has 128 valence electrons. The quantitative estimate of drug-likeness (QED) is 0.840. The van der Waals surface area contributed by atoms with Crippen LogP contribution in [0.15, 0.2) is 47.4 Å². The Balaban J connectivity index is 2.30. The van der Waals surface area contributed by atoms with Crippen LogP contribution in [0.2, 0.25) is 0 Å². The third-order valence-electron chi connectivity index (χ3n) is 3.49. The summed E-state index contributed by atoms with van der Waals surface area (Å²) < 4.78 is 33.0. The molecule has 0 aliphatic carbocycles. The lowest BCUT2D eigenvalue weighted by molar-refractivity contribution is -0.114. The van der Waals surface area contributed by atoms with Gasteiger partial charge in [-0.25, -0.2) is 13.1 Å². The molecule has 0 radical (unpaired) electrons. The van der Waals surface area contributed by atoms with Crippen molar-refractivity contribution in [1.29, 1.82) is 0 Å². The lowest BCUT2D eigenvalue weighted by atomic mass is 10.1. The molecule has 2 N–H and O–H groups in total. The highest BCUT2D eigenvalue weighted by Gasteiger charge is 2.20. The van der Waals surface area contributed by atoms with Crippen molar-refractivity contribution in [2.45, 2.75) is 25.3 Å². The Morgan fingerprint density at radius 1 is 1.17 bits per heavy atom. The molecule has 2 aromatic carbocycles. The zero-order valence-electron chi connectivity index (χ0n) is 13.8. The van der Waals surface area contributed by atoms with Crippen LogP contribution in [0.25, 0.3) is 0 Å². The normalized spacial score (nSPS) is 11.1. The molecule has 1 amide bonds. The van der Waals surface area contributed by atoms with Gasteiger partial charge >= 0.3 is 0 Å². The van der Waals surface area contributed by atoms with Crippen molar-refractivity contribution in [3.05, 3.63) is 53.6 Å². The van der Waals surface area contributed by atoms with Crippen LogP contribution in [0.5, 0.6) is 5.75 Å². The number of carbonyl (C=O) groups is 1. The van der Waals surface area contributed by atoms with E-state index in [0.717, 1.165) is 11.1 Å². The van der Waals surface area contributed by atoms with Gasteiger partial charge in [-0.2, -0.15) is 0 Å². The van der Waals surface area contributed by atoms with E-state index in [1.807, 2.05) is 31.2 Å². The van der Waals surface area contributed by atoms with Crippen molar-refractivity contribution in [1.82, 2.24) is 4.72 Å². The highest BCUT2D eigenvalue weighted by molar-refractivity contribution is 7.89. The van der Waals surface area contributed by atoms with Gasteiger partial charge in [0.2, 0.25) is 15.9 Å². The minimum Gasteiger partial charge on any atom is -0.495 e. The predicted molar refractivity (Wildman–Crippen MR) is 92.5 cm³/mol. The second kappa shape index (κ2) is 7.46. The summed E-state index contributed by atoms with van der Waals surface area (Å²) in [5.74, 6) is -0.0715. The highest BCUT2D eigenvalue weighted by atomic mass is 32.2. The average Bonchev–Trinajstić information content (AvgIpc) is 2.53. The van der Waals surface area contributed by atoms with E-state index in [1.54, 1.807) is 6.07 Å². The van der Waals surface area contributed by atoms with Crippen molar-refractivity contribution >= 4 is 21.6 Å². The van der Waals surface area contributed by atoms with Crippen LogP contribution in [0.4, 0.5) is 5.69 Å². The van der Waals surface area contributed by atoms with E-state index in [-0.39, 0.29) is 23.1 Å². The third kappa shape index (κ3) is 4.33.